The second-order valence-corrected chi connectivity index (χ2v) is 7.23. The fraction of sp³-hybridized carbons (Fsp3) is 0.0833. The number of carbonyl (C=O) groups excluding carboxylic acids is 2. The summed E-state index contributed by atoms with van der Waals surface area (Å²) in [5, 5.41) is 11.3. The van der Waals surface area contributed by atoms with Crippen molar-refractivity contribution in [3.63, 3.8) is 0 Å². The molecule has 0 radical (unpaired) electrons. The standard InChI is InChI=1S/C24H18ClNO4/c1-30-24(29)17-9-7-16(8-10-17)21-20(15-5-3-2-4-6-15)22(27)23(28)26(21)19-13-11-18(25)12-14-19/h2-14,21,27H,1H3/t21-/m1/s1. The maximum absolute atomic E-state index is 13.1. The highest BCUT2D eigenvalue weighted by Crippen LogP contribution is 2.45. The van der Waals surface area contributed by atoms with E-state index in [0.717, 1.165) is 11.1 Å². The van der Waals surface area contributed by atoms with E-state index in [1.165, 1.54) is 12.0 Å². The van der Waals surface area contributed by atoms with Gasteiger partial charge >= 0.3 is 5.97 Å². The lowest BCUT2D eigenvalue weighted by atomic mass is 9.93. The number of nitrogens with zero attached hydrogens (tertiary/aromatic N) is 1. The van der Waals surface area contributed by atoms with Crippen LogP contribution in [0.1, 0.15) is 27.5 Å². The predicted molar refractivity (Wildman–Crippen MR) is 115 cm³/mol. The Morgan fingerprint density at radius 2 is 1.60 bits per heavy atom. The van der Waals surface area contributed by atoms with Crippen molar-refractivity contribution < 1.29 is 19.4 Å². The largest absolute Gasteiger partial charge is 0.503 e. The fourth-order valence-corrected chi connectivity index (χ4v) is 3.75. The lowest BCUT2D eigenvalue weighted by Gasteiger charge is -2.27. The maximum atomic E-state index is 13.1. The summed E-state index contributed by atoms with van der Waals surface area (Å²) in [7, 11) is 1.32. The Balaban J connectivity index is 1.86. The van der Waals surface area contributed by atoms with Gasteiger partial charge in [0.05, 0.1) is 18.7 Å². The van der Waals surface area contributed by atoms with E-state index in [2.05, 4.69) is 0 Å². The number of benzene rings is 3. The van der Waals surface area contributed by atoms with Gasteiger partial charge in [0.1, 0.15) is 0 Å². The van der Waals surface area contributed by atoms with Crippen molar-refractivity contribution in [1.82, 2.24) is 0 Å². The van der Waals surface area contributed by atoms with Crippen LogP contribution in [0.25, 0.3) is 5.57 Å². The van der Waals surface area contributed by atoms with Gasteiger partial charge in [0, 0.05) is 16.3 Å². The molecular formula is C24H18ClNO4. The minimum Gasteiger partial charge on any atom is -0.503 e. The van der Waals surface area contributed by atoms with E-state index < -0.39 is 17.9 Å². The van der Waals surface area contributed by atoms with E-state index in [0.29, 0.717) is 21.8 Å². The molecule has 0 saturated heterocycles. The van der Waals surface area contributed by atoms with Crippen molar-refractivity contribution in [3.05, 3.63) is 106 Å². The van der Waals surface area contributed by atoms with Gasteiger partial charge in [-0.3, -0.25) is 9.69 Å². The molecule has 0 spiro atoms. The Kier molecular flexibility index (Phi) is 5.29. The van der Waals surface area contributed by atoms with Crippen molar-refractivity contribution in [2.75, 3.05) is 12.0 Å². The first-order valence-electron chi connectivity index (χ1n) is 9.27. The number of hydrogen-bond donors (Lipinski definition) is 1. The summed E-state index contributed by atoms with van der Waals surface area (Å²) >= 11 is 6.02. The second-order valence-electron chi connectivity index (χ2n) is 6.80. The Hall–Kier alpha value is -3.57. The highest BCUT2D eigenvalue weighted by atomic mass is 35.5. The minimum absolute atomic E-state index is 0.307. The quantitative estimate of drug-likeness (QED) is 0.591. The molecule has 6 heteroatoms. The molecule has 0 unspecified atom stereocenters. The van der Waals surface area contributed by atoms with Gasteiger partial charge in [0.25, 0.3) is 5.91 Å². The molecule has 1 amide bonds. The van der Waals surface area contributed by atoms with Crippen molar-refractivity contribution in [2.45, 2.75) is 6.04 Å². The first-order chi connectivity index (χ1) is 14.5. The Labute approximate surface area is 178 Å². The van der Waals surface area contributed by atoms with Crippen molar-refractivity contribution >= 4 is 34.7 Å². The zero-order valence-electron chi connectivity index (χ0n) is 16.1. The van der Waals surface area contributed by atoms with Crippen LogP contribution in [0.2, 0.25) is 5.02 Å². The molecule has 1 aliphatic rings. The van der Waals surface area contributed by atoms with Crippen LogP contribution in [0.4, 0.5) is 5.69 Å². The number of aliphatic hydroxyl groups is 1. The van der Waals surface area contributed by atoms with Crippen LogP contribution in [0.3, 0.4) is 0 Å². The molecule has 0 fully saturated rings. The normalized spacial score (nSPS) is 16.1. The summed E-state index contributed by atoms with van der Waals surface area (Å²) in [5.41, 5.74) is 2.99. The van der Waals surface area contributed by atoms with Gasteiger partial charge < -0.3 is 9.84 Å². The summed E-state index contributed by atoms with van der Waals surface area (Å²) in [6.07, 6.45) is 0. The molecule has 1 atom stereocenters. The fourth-order valence-electron chi connectivity index (χ4n) is 3.62. The number of esters is 1. The molecule has 0 bridgehead atoms. The van der Waals surface area contributed by atoms with E-state index in [9.17, 15) is 14.7 Å². The smallest absolute Gasteiger partial charge is 0.337 e. The third-order valence-electron chi connectivity index (χ3n) is 5.05. The third-order valence-corrected chi connectivity index (χ3v) is 5.30. The number of ether oxygens (including phenoxy) is 1. The lowest BCUT2D eigenvalue weighted by molar-refractivity contribution is -0.117. The van der Waals surface area contributed by atoms with Crippen LogP contribution >= 0.6 is 11.6 Å². The molecule has 1 heterocycles. The molecule has 3 aromatic carbocycles. The minimum atomic E-state index is -0.576. The molecule has 30 heavy (non-hydrogen) atoms. The number of hydrogen-bond acceptors (Lipinski definition) is 4. The van der Waals surface area contributed by atoms with Gasteiger partial charge in [0.15, 0.2) is 5.76 Å². The highest BCUT2D eigenvalue weighted by Gasteiger charge is 2.41. The SMILES string of the molecule is COC(=O)c1ccc([C@@H]2C(c3ccccc3)=C(O)C(=O)N2c2ccc(Cl)cc2)cc1. The first kappa shape index (κ1) is 19.7. The number of halogens is 1. The number of rotatable bonds is 4. The summed E-state index contributed by atoms with van der Waals surface area (Å²) in [4.78, 5) is 26.4. The molecular weight excluding hydrogens is 402 g/mol. The van der Waals surface area contributed by atoms with Crippen molar-refractivity contribution in [2.24, 2.45) is 0 Å². The molecule has 0 aliphatic carbocycles. The van der Waals surface area contributed by atoms with Gasteiger partial charge in [-0.15, -0.1) is 0 Å². The topological polar surface area (TPSA) is 66.8 Å². The van der Waals surface area contributed by atoms with Crippen LogP contribution in [-0.4, -0.2) is 24.1 Å². The Morgan fingerprint density at radius 3 is 2.20 bits per heavy atom. The second kappa shape index (κ2) is 8.05. The zero-order chi connectivity index (χ0) is 21.3. The van der Waals surface area contributed by atoms with Gasteiger partial charge in [-0.25, -0.2) is 4.79 Å². The molecule has 1 N–H and O–H groups in total. The molecule has 4 rings (SSSR count). The van der Waals surface area contributed by atoms with E-state index in [-0.39, 0.29) is 5.76 Å². The van der Waals surface area contributed by atoms with Crippen LogP contribution < -0.4 is 4.90 Å². The van der Waals surface area contributed by atoms with E-state index >= 15 is 0 Å². The summed E-state index contributed by atoms with van der Waals surface area (Å²) in [6, 6.07) is 22.3. The monoisotopic (exact) mass is 419 g/mol. The third kappa shape index (κ3) is 3.44. The van der Waals surface area contributed by atoms with E-state index in [1.807, 2.05) is 30.3 Å². The number of amides is 1. The molecule has 5 nitrogen and oxygen atoms in total. The van der Waals surface area contributed by atoms with E-state index in [4.69, 9.17) is 16.3 Å². The number of aliphatic hydroxyl groups excluding tert-OH is 1. The van der Waals surface area contributed by atoms with Crippen molar-refractivity contribution in [1.29, 1.82) is 0 Å². The maximum Gasteiger partial charge on any atom is 0.337 e. The van der Waals surface area contributed by atoms with Crippen LogP contribution in [0, 0.1) is 0 Å². The van der Waals surface area contributed by atoms with Gasteiger partial charge in [-0.1, -0.05) is 54.1 Å². The average molecular weight is 420 g/mol. The lowest BCUT2D eigenvalue weighted by Crippen LogP contribution is -2.30. The van der Waals surface area contributed by atoms with E-state index in [1.54, 1.807) is 48.5 Å². The van der Waals surface area contributed by atoms with Crippen molar-refractivity contribution in [3.8, 4) is 0 Å². The van der Waals surface area contributed by atoms with Crippen LogP contribution in [0.15, 0.2) is 84.6 Å². The number of methoxy groups -OCH3 is 1. The van der Waals surface area contributed by atoms with Crippen LogP contribution in [-0.2, 0) is 9.53 Å². The number of carbonyl (C=O) groups is 2. The molecule has 0 saturated carbocycles. The van der Waals surface area contributed by atoms with Crippen LogP contribution in [0.5, 0.6) is 0 Å². The summed E-state index contributed by atoms with van der Waals surface area (Å²) < 4.78 is 4.76. The van der Waals surface area contributed by atoms with Gasteiger partial charge in [0.2, 0.25) is 0 Å². The molecule has 150 valence electrons. The molecule has 0 aromatic heterocycles. The first-order valence-corrected chi connectivity index (χ1v) is 9.65. The highest BCUT2D eigenvalue weighted by molar-refractivity contribution is 6.30. The molecule has 1 aliphatic heterocycles. The predicted octanol–water partition coefficient (Wildman–Crippen LogP) is 5.18. The average Bonchev–Trinajstić information content (AvgIpc) is 3.05. The molecule has 3 aromatic rings. The Morgan fingerprint density at radius 1 is 0.967 bits per heavy atom. The summed E-state index contributed by atoms with van der Waals surface area (Å²) in [6.45, 7) is 0. The van der Waals surface area contributed by atoms with Gasteiger partial charge in [-0.05, 0) is 47.5 Å². The zero-order valence-corrected chi connectivity index (χ0v) is 16.8. The number of anilines is 1. The van der Waals surface area contributed by atoms with Gasteiger partial charge in [-0.2, -0.15) is 0 Å². The Bertz CT molecular complexity index is 1120. The summed E-state index contributed by atoms with van der Waals surface area (Å²) in [5.74, 6) is -1.25.